The Morgan fingerprint density at radius 3 is 2.31 bits per heavy atom. The second-order valence-electron chi connectivity index (χ2n) is 8.79. The maximum atomic E-state index is 13.5. The summed E-state index contributed by atoms with van der Waals surface area (Å²) in [6.45, 7) is 7.00. The Balaban J connectivity index is 1.49. The topological polar surface area (TPSA) is 56.8 Å². The normalized spacial score (nSPS) is 24.5. The minimum atomic E-state index is -0.201. The summed E-state index contributed by atoms with van der Waals surface area (Å²) in [4.78, 5) is 36.3. The fourth-order valence-corrected chi connectivity index (χ4v) is 5.79. The molecule has 1 saturated carbocycles. The summed E-state index contributed by atoms with van der Waals surface area (Å²) < 4.78 is 0. The average Bonchev–Trinajstić information content (AvgIpc) is 2.79. The Bertz CT molecular complexity index is 720. The van der Waals surface area contributed by atoms with Gasteiger partial charge in [-0.2, -0.15) is 0 Å². The second-order valence-corrected chi connectivity index (χ2v) is 8.79. The first-order chi connectivity index (χ1) is 14.1. The summed E-state index contributed by atoms with van der Waals surface area (Å²) in [5.41, 5.74) is 1.02. The fourth-order valence-electron chi connectivity index (χ4n) is 5.79. The molecule has 3 aliphatic rings. The van der Waals surface area contributed by atoms with Gasteiger partial charge >= 0.3 is 6.03 Å². The molecule has 2 saturated heterocycles. The molecule has 29 heavy (non-hydrogen) atoms. The zero-order valence-corrected chi connectivity index (χ0v) is 17.8. The van der Waals surface area contributed by atoms with Crippen molar-refractivity contribution in [3.63, 3.8) is 0 Å². The molecule has 1 aromatic rings. The van der Waals surface area contributed by atoms with Crippen LogP contribution in [0.5, 0.6) is 0 Å². The molecule has 3 fully saturated rings. The molecular formula is C23H34N4O2. The third-order valence-electron chi connectivity index (χ3n) is 7.39. The van der Waals surface area contributed by atoms with Gasteiger partial charge in [-0.15, -0.1) is 0 Å². The maximum absolute atomic E-state index is 13.5. The van der Waals surface area contributed by atoms with Gasteiger partial charge in [0, 0.05) is 44.6 Å². The van der Waals surface area contributed by atoms with E-state index in [1.165, 1.54) is 12.0 Å². The van der Waals surface area contributed by atoms with Crippen molar-refractivity contribution in [1.82, 2.24) is 19.7 Å². The summed E-state index contributed by atoms with van der Waals surface area (Å²) in [6, 6.07) is 4.71. The lowest BCUT2D eigenvalue weighted by atomic mass is 9.59. The van der Waals surface area contributed by atoms with Gasteiger partial charge in [0.1, 0.15) is 0 Å². The second kappa shape index (κ2) is 8.33. The van der Waals surface area contributed by atoms with Gasteiger partial charge in [-0.3, -0.25) is 9.78 Å². The van der Waals surface area contributed by atoms with Crippen molar-refractivity contribution in [2.75, 3.05) is 26.2 Å². The average molecular weight is 399 g/mol. The van der Waals surface area contributed by atoms with Crippen LogP contribution < -0.4 is 0 Å². The highest BCUT2D eigenvalue weighted by atomic mass is 16.2. The standard InChI is InChI=1S/C23H34N4O2/c1-3-25(4-2)22(29)26-16-10-19(11-17-26)27-20(18-8-14-24-15-9-18)23(21(27)28)12-6-5-7-13-23/h8-9,14-15,19-20H,3-7,10-13,16-17H2,1-2H3. The van der Waals surface area contributed by atoms with Crippen LogP contribution in [0.4, 0.5) is 4.79 Å². The van der Waals surface area contributed by atoms with Crippen molar-refractivity contribution in [3.05, 3.63) is 30.1 Å². The minimum absolute atomic E-state index is 0.137. The molecule has 0 N–H and O–H groups in total. The number of β-lactam (4-membered cyclic amide) rings is 1. The molecule has 3 amide bonds. The molecule has 1 spiro atoms. The number of carbonyl (C=O) groups excluding carboxylic acids is 2. The highest BCUT2D eigenvalue weighted by molar-refractivity contribution is 5.91. The summed E-state index contributed by atoms with van der Waals surface area (Å²) in [6.07, 6.45) is 11.0. The molecule has 6 nitrogen and oxygen atoms in total. The SMILES string of the molecule is CCN(CC)C(=O)N1CCC(N2C(=O)C3(CCCCC3)C2c2ccncc2)CC1. The first-order valence-corrected chi connectivity index (χ1v) is 11.4. The maximum Gasteiger partial charge on any atom is 0.319 e. The van der Waals surface area contributed by atoms with E-state index in [2.05, 4.69) is 22.0 Å². The summed E-state index contributed by atoms with van der Waals surface area (Å²) in [5, 5.41) is 0. The van der Waals surface area contributed by atoms with Crippen molar-refractivity contribution in [2.24, 2.45) is 5.41 Å². The van der Waals surface area contributed by atoms with Gasteiger partial charge in [-0.25, -0.2) is 4.79 Å². The van der Waals surface area contributed by atoms with Crippen LogP contribution >= 0.6 is 0 Å². The van der Waals surface area contributed by atoms with E-state index in [0.717, 1.165) is 64.7 Å². The lowest BCUT2D eigenvalue weighted by molar-refractivity contribution is -0.186. The highest BCUT2D eigenvalue weighted by Gasteiger charge is 2.62. The van der Waals surface area contributed by atoms with E-state index >= 15 is 0 Å². The van der Waals surface area contributed by atoms with Crippen LogP contribution in [0.2, 0.25) is 0 Å². The Morgan fingerprint density at radius 2 is 1.72 bits per heavy atom. The van der Waals surface area contributed by atoms with Gasteiger partial charge in [-0.05, 0) is 57.2 Å². The number of amides is 3. The Kier molecular flexibility index (Phi) is 5.79. The molecule has 0 aromatic carbocycles. The molecule has 0 radical (unpaired) electrons. The Morgan fingerprint density at radius 1 is 1.10 bits per heavy atom. The summed E-state index contributed by atoms with van der Waals surface area (Å²) in [7, 11) is 0. The van der Waals surface area contributed by atoms with Gasteiger partial charge in [-0.1, -0.05) is 19.3 Å². The Hall–Kier alpha value is -2.11. The third-order valence-corrected chi connectivity index (χ3v) is 7.39. The van der Waals surface area contributed by atoms with Crippen molar-refractivity contribution in [2.45, 2.75) is 70.9 Å². The molecule has 6 heteroatoms. The Labute approximate surface area is 174 Å². The molecule has 1 aliphatic carbocycles. The molecule has 1 atom stereocenters. The van der Waals surface area contributed by atoms with Gasteiger partial charge in [0.2, 0.25) is 5.91 Å². The van der Waals surface area contributed by atoms with E-state index in [4.69, 9.17) is 0 Å². The lowest BCUT2D eigenvalue weighted by Crippen LogP contribution is -2.68. The van der Waals surface area contributed by atoms with Crippen molar-refractivity contribution >= 4 is 11.9 Å². The number of likely N-dealkylation sites (tertiary alicyclic amines) is 2. The largest absolute Gasteiger partial charge is 0.331 e. The number of nitrogens with zero attached hydrogens (tertiary/aromatic N) is 4. The first kappa shape index (κ1) is 20.2. The number of urea groups is 1. The van der Waals surface area contributed by atoms with Crippen LogP contribution in [0.15, 0.2) is 24.5 Å². The number of pyridine rings is 1. The van der Waals surface area contributed by atoms with E-state index in [1.807, 2.05) is 36.0 Å². The van der Waals surface area contributed by atoms with Crippen LogP contribution in [-0.2, 0) is 4.79 Å². The van der Waals surface area contributed by atoms with Crippen LogP contribution in [-0.4, -0.2) is 63.8 Å². The van der Waals surface area contributed by atoms with Gasteiger partial charge in [0.15, 0.2) is 0 Å². The van der Waals surface area contributed by atoms with Crippen LogP contribution in [0.3, 0.4) is 0 Å². The fraction of sp³-hybridized carbons (Fsp3) is 0.696. The molecule has 1 unspecified atom stereocenters. The van der Waals surface area contributed by atoms with Crippen LogP contribution in [0, 0.1) is 5.41 Å². The van der Waals surface area contributed by atoms with Crippen molar-refractivity contribution in [1.29, 1.82) is 0 Å². The molecule has 2 aliphatic heterocycles. The van der Waals surface area contributed by atoms with E-state index in [9.17, 15) is 9.59 Å². The van der Waals surface area contributed by atoms with Gasteiger partial charge in [0.25, 0.3) is 0 Å². The zero-order chi connectivity index (χ0) is 20.4. The summed E-state index contributed by atoms with van der Waals surface area (Å²) in [5.74, 6) is 0.354. The lowest BCUT2D eigenvalue weighted by Gasteiger charge is -2.61. The van der Waals surface area contributed by atoms with Gasteiger partial charge < -0.3 is 14.7 Å². The number of aromatic nitrogens is 1. The van der Waals surface area contributed by atoms with E-state index in [0.29, 0.717) is 5.91 Å². The van der Waals surface area contributed by atoms with E-state index in [1.54, 1.807) is 0 Å². The smallest absolute Gasteiger partial charge is 0.319 e. The van der Waals surface area contributed by atoms with Crippen LogP contribution in [0.25, 0.3) is 0 Å². The van der Waals surface area contributed by atoms with Gasteiger partial charge in [0.05, 0.1) is 11.5 Å². The predicted octanol–water partition coefficient (Wildman–Crippen LogP) is 3.84. The molecule has 3 heterocycles. The van der Waals surface area contributed by atoms with Crippen molar-refractivity contribution in [3.8, 4) is 0 Å². The minimum Gasteiger partial charge on any atom is -0.331 e. The molecule has 4 rings (SSSR count). The quantitative estimate of drug-likeness (QED) is 0.724. The van der Waals surface area contributed by atoms with Crippen molar-refractivity contribution < 1.29 is 9.59 Å². The molecule has 0 bridgehead atoms. The number of hydrogen-bond acceptors (Lipinski definition) is 3. The highest BCUT2D eigenvalue weighted by Crippen LogP contribution is 2.59. The molecular weight excluding hydrogens is 364 g/mol. The van der Waals surface area contributed by atoms with E-state index < -0.39 is 0 Å². The third kappa shape index (κ3) is 3.40. The number of rotatable bonds is 4. The zero-order valence-electron chi connectivity index (χ0n) is 17.8. The molecule has 158 valence electrons. The van der Waals surface area contributed by atoms with E-state index in [-0.39, 0.29) is 23.5 Å². The number of piperidine rings is 1. The van der Waals surface area contributed by atoms with Crippen LogP contribution in [0.1, 0.15) is 70.4 Å². The predicted molar refractivity (Wildman–Crippen MR) is 112 cm³/mol. The first-order valence-electron chi connectivity index (χ1n) is 11.4. The number of hydrogen-bond donors (Lipinski definition) is 0. The molecule has 1 aromatic heterocycles. The summed E-state index contributed by atoms with van der Waals surface area (Å²) >= 11 is 0. The monoisotopic (exact) mass is 398 g/mol. The number of carbonyl (C=O) groups is 2.